The van der Waals surface area contributed by atoms with Crippen LogP contribution >= 0.6 is 0 Å². The van der Waals surface area contributed by atoms with Gasteiger partial charge in [0.05, 0.1) is 6.54 Å². The molecular weight excluding hydrogens is 298 g/mol. The molecule has 4 nitrogen and oxygen atoms in total. The largest absolute Gasteiger partial charge is 0.376 e. The summed E-state index contributed by atoms with van der Waals surface area (Å²) in [5.41, 5.74) is 5.33. The van der Waals surface area contributed by atoms with Gasteiger partial charge in [-0.15, -0.1) is 0 Å². The third-order valence-electron chi connectivity index (χ3n) is 3.95. The molecule has 0 aromatic heterocycles. The molecule has 0 spiro atoms. The van der Waals surface area contributed by atoms with Crippen LogP contribution in [-0.4, -0.2) is 25.5 Å². The van der Waals surface area contributed by atoms with E-state index < -0.39 is 0 Å². The number of hydrogen-bond donors (Lipinski definition) is 2. The van der Waals surface area contributed by atoms with Gasteiger partial charge in [-0.1, -0.05) is 6.07 Å². The lowest BCUT2D eigenvalue weighted by Gasteiger charge is -2.21. The quantitative estimate of drug-likeness (QED) is 0.802. The third-order valence-corrected chi connectivity index (χ3v) is 3.95. The zero-order valence-corrected chi connectivity index (χ0v) is 15.0. The monoisotopic (exact) mass is 325 g/mol. The molecule has 0 saturated heterocycles. The van der Waals surface area contributed by atoms with Gasteiger partial charge in [-0.2, -0.15) is 0 Å². The summed E-state index contributed by atoms with van der Waals surface area (Å²) in [7, 11) is 0. The van der Waals surface area contributed by atoms with Crippen LogP contribution < -0.4 is 15.5 Å². The van der Waals surface area contributed by atoms with Gasteiger partial charge in [0.2, 0.25) is 5.91 Å². The van der Waals surface area contributed by atoms with Crippen molar-refractivity contribution in [3.63, 3.8) is 0 Å². The molecule has 2 aromatic carbocycles. The maximum Gasteiger partial charge on any atom is 0.243 e. The molecule has 0 heterocycles. The summed E-state index contributed by atoms with van der Waals surface area (Å²) >= 11 is 0. The first-order chi connectivity index (χ1) is 11.5. The maximum atomic E-state index is 12.1. The van der Waals surface area contributed by atoms with Crippen molar-refractivity contribution in [1.82, 2.24) is 0 Å². The average Bonchev–Trinajstić information content (AvgIpc) is 2.55. The Morgan fingerprint density at radius 3 is 2.04 bits per heavy atom. The first-order valence-corrected chi connectivity index (χ1v) is 8.48. The molecule has 0 bridgehead atoms. The van der Waals surface area contributed by atoms with Crippen molar-refractivity contribution in [3.8, 4) is 0 Å². The number of amides is 1. The number of anilines is 3. The summed E-state index contributed by atoms with van der Waals surface area (Å²) in [6, 6.07) is 14.2. The SMILES string of the molecule is CCN(CC)c1ccc(NC(=O)CNc2cc(C)cc(C)c2)cc1. The fourth-order valence-electron chi connectivity index (χ4n) is 2.81. The highest BCUT2D eigenvalue weighted by Crippen LogP contribution is 2.18. The van der Waals surface area contributed by atoms with Crippen LogP contribution in [0.25, 0.3) is 0 Å². The van der Waals surface area contributed by atoms with Crippen LogP contribution in [0.5, 0.6) is 0 Å². The summed E-state index contributed by atoms with van der Waals surface area (Å²) in [5.74, 6) is -0.0512. The van der Waals surface area contributed by atoms with Gasteiger partial charge in [0, 0.05) is 30.2 Å². The van der Waals surface area contributed by atoms with Crippen molar-refractivity contribution in [2.75, 3.05) is 35.2 Å². The van der Waals surface area contributed by atoms with E-state index in [1.807, 2.05) is 36.4 Å². The number of hydrogen-bond acceptors (Lipinski definition) is 3. The summed E-state index contributed by atoms with van der Waals surface area (Å²) in [5, 5.41) is 6.10. The van der Waals surface area contributed by atoms with Crippen molar-refractivity contribution < 1.29 is 4.79 Å². The minimum absolute atomic E-state index is 0.0512. The minimum atomic E-state index is -0.0512. The maximum absolute atomic E-state index is 12.1. The Hall–Kier alpha value is -2.49. The van der Waals surface area contributed by atoms with Gasteiger partial charge < -0.3 is 15.5 Å². The van der Waals surface area contributed by atoms with E-state index in [4.69, 9.17) is 0 Å². The highest BCUT2D eigenvalue weighted by molar-refractivity contribution is 5.93. The van der Waals surface area contributed by atoms with E-state index in [9.17, 15) is 4.79 Å². The van der Waals surface area contributed by atoms with E-state index in [-0.39, 0.29) is 12.5 Å². The fraction of sp³-hybridized carbons (Fsp3) is 0.350. The molecule has 128 valence electrons. The highest BCUT2D eigenvalue weighted by atomic mass is 16.1. The predicted octanol–water partition coefficient (Wildman–Crippen LogP) is 4.20. The molecule has 2 aromatic rings. The van der Waals surface area contributed by atoms with Crippen molar-refractivity contribution >= 4 is 23.0 Å². The number of carbonyl (C=O) groups is 1. The molecular formula is C20H27N3O. The lowest BCUT2D eigenvalue weighted by molar-refractivity contribution is -0.114. The Balaban J connectivity index is 1.90. The van der Waals surface area contributed by atoms with E-state index in [2.05, 4.69) is 49.3 Å². The number of nitrogens with zero attached hydrogens (tertiary/aromatic N) is 1. The van der Waals surface area contributed by atoms with E-state index in [0.717, 1.165) is 24.5 Å². The first-order valence-electron chi connectivity index (χ1n) is 8.48. The van der Waals surface area contributed by atoms with Gasteiger partial charge in [-0.05, 0) is 75.2 Å². The normalized spacial score (nSPS) is 10.3. The minimum Gasteiger partial charge on any atom is -0.376 e. The van der Waals surface area contributed by atoms with Crippen LogP contribution in [0.3, 0.4) is 0 Å². The second-order valence-electron chi connectivity index (χ2n) is 6.00. The standard InChI is InChI=1S/C20H27N3O/c1-5-23(6-2)19-9-7-17(8-10-19)22-20(24)14-21-18-12-15(3)11-16(4)13-18/h7-13,21H,5-6,14H2,1-4H3,(H,22,24). The van der Waals surface area contributed by atoms with Gasteiger partial charge in [0.25, 0.3) is 0 Å². The van der Waals surface area contributed by atoms with E-state index in [1.165, 1.54) is 16.8 Å². The van der Waals surface area contributed by atoms with E-state index in [0.29, 0.717) is 0 Å². The van der Waals surface area contributed by atoms with Crippen molar-refractivity contribution in [3.05, 3.63) is 53.6 Å². The molecule has 0 atom stereocenters. The van der Waals surface area contributed by atoms with Crippen LogP contribution in [-0.2, 0) is 4.79 Å². The lowest BCUT2D eigenvalue weighted by Crippen LogP contribution is -2.23. The van der Waals surface area contributed by atoms with Gasteiger partial charge in [0.1, 0.15) is 0 Å². The molecule has 0 fully saturated rings. The number of rotatable bonds is 7. The fourth-order valence-corrected chi connectivity index (χ4v) is 2.81. The smallest absolute Gasteiger partial charge is 0.243 e. The molecule has 0 saturated carbocycles. The second-order valence-corrected chi connectivity index (χ2v) is 6.00. The molecule has 1 amide bonds. The zero-order valence-electron chi connectivity index (χ0n) is 15.0. The lowest BCUT2D eigenvalue weighted by atomic mass is 10.1. The number of aryl methyl sites for hydroxylation is 2. The van der Waals surface area contributed by atoms with Crippen LogP contribution in [0.1, 0.15) is 25.0 Å². The Labute approximate surface area is 144 Å². The predicted molar refractivity (Wildman–Crippen MR) is 103 cm³/mol. The van der Waals surface area contributed by atoms with Gasteiger partial charge >= 0.3 is 0 Å². The Morgan fingerprint density at radius 2 is 1.50 bits per heavy atom. The number of nitrogens with one attached hydrogen (secondary N) is 2. The van der Waals surface area contributed by atoms with Crippen LogP contribution in [0, 0.1) is 13.8 Å². The molecule has 2 rings (SSSR count). The molecule has 4 heteroatoms. The van der Waals surface area contributed by atoms with Crippen molar-refractivity contribution in [2.45, 2.75) is 27.7 Å². The Morgan fingerprint density at radius 1 is 0.917 bits per heavy atom. The van der Waals surface area contributed by atoms with Crippen LogP contribution in [0.4, 0.5) is 17.1 Å². The molecule has 0 aliphatic rings. The Bertz CT molecular complexity index is 656. The van der Waals surface area contributed by atoms with E-state index >= 15 is 0 Å². The average molecular weight is 325 g/mol. The van der Waals surface area contributed by atoms with Crippen LogP contribution in [0.15, 0.2) is 42.5 Å². The molecule has 0 radical (unpaired) electrons. The highest BCUT2D eigenvalue weighted by Gasteiger charge is 2.05. The van der Waals surface area contributed by atoms with Crippen LogP contribution in [0.2, 0.25) is 0 Å². The molecule has 0 aliphatic carbocycles. The van der Waals surface area contributed by atoms with Crippen molar-refractivity contribution in [2.24, 2.45) is 0 Å². The summed E-state index contributed by atoms with van der Waals surface area (Å²) < 4.78 is 0. The topological polar surface area (TPSA) is 44.4 Å². The summed E-state index contributed by atoms with van der Waals surface area (Å²) in [6.07, 6.45) is 0. The van der Waals surface area contributed by atoms with Crippen molar-refractivity contribution in [1.29, 1.82) is 0 Å². The third kappa shape index (κ3) is 5.01. The zero-order chi connectivity index (χ0) is 17.5. The molecule has 24 heavy (non-hydrogen) atoms. The first kappa shape index (κ1) is 17.9. The number of benzene rings is 2. The van der Waals surface area contributed by atoms with Gasteiger partial charge in [-0.3, -0.25) is 4.79 Å². The van der Waals surface area contributed by atoms with Gasteiger partial charge in [-0.25, -0.2) is 0 Å². The Kier molecular flexibility index (Phi) is 6.24. The summed E-state index contributed by atoms with van der Waals surface area (Å²) in [4.78, 5) is 14.4. The number of carbonyl (C=O) groups excluding carboxylic acids is 1. The molecule has 0 aliphatic heterocycles. The molecule has 0 unspecified atom stereocenters. The second kappa shape index (κ2) is 8.39. The molecule has 2 N–H and O–H groups in total. The van der Waals surface area contributed by atoms with Gasteiger partial charge in [0.15, 0.2) is 0 Å². The summed E-state index contributed by atoms with van der Waals surface area (Å²) in [6.45, 7) is 10.6. The van der Waals surface area contributed by atoms with E-state index in [1.54, 1.807) is 0 Å².